The molecular formula is C15H19NO4. The molecule has 0 atom stereocenters. The summed E-state index contributed by atoms with van der Waals surface area (Å²) in [7, 11) is 1.33. The second-order valence-corrected chi connectivity index (χ2v) is 5.05. The number of methoxy groups -OCH3 is 1. The van der Waals surface area contributed by atoms with Crippen molar-refractivity contribution in [3.63, 3.8) is 0 Å². The van der Waals surface area contributed by atoms with Crippen LogP contribution in [0.25, 0.3) is 0 Å². The van der Waals surface area contributed by atoms with E-state index in [1.807, 2.05) is 0 Å². The van der Waals surface area contributed by atoms with Gasteiger partial charge in [-0.15, -0.1) is 0 Å². The second kappa shape index (κ2) is 6.41. The highest BCUT2D eigenvalue weighted by Crippen LogP contribution is 2.19. The Kier molecular flexibility index (Phi) is 4.61. The molecule has 1 aromatic rings. The first-order valence-electron chi connectivity index (χ1n) is 6.75. The molecule has 108 valence electrons. The SMILES string of the molecule is COC(=O)c1ccc(OC(=O)N2CCC(C)CC2)cc1. The highest BCUT2D eigenvalue weighted by molar-refractivity contribution is 5.89. The Morgan fingerprint density at radius 2 is 1.75 bits per heavy atom. The number of piperidine rings is 1. The van der Waals surface area contributed by atoms with Gasteiger partial charge >= 0.3 is 12.1 Å². The van der Waals surface area contributed by atoms with E-state index in [1.165, 1.54) is 7.11 Å². The molecule has 5 heteroatoms. The van der Waals surface area contributed by atoms with E-state index in [-0.39, 0.29) is 6.09 Å². The van der Waals surface area contributed by atoms with Crippen LogP contribution in [0.4, 0.5) is 4.79 Å². The molecule has 1 aliphatic heterocycles. The summed E-state index contributed by atoms with van der Waals surface area (Å²) < 4.78 is 9.90. The molecular weight excluding hydrogens is 258 g/mol. The number of likely N-dealkylation sites (tertiary alicyclic amines) is 1. The minimum absolute atomic E-state index is 0.331. The molecule has 1 saturated heterocycles. The minimum Gasteiger partial charge on any atom is -0.465 e. The Balaban J connectivity index is 1.92. The molecule has 1 heterocycles. The van der Waals surface area contributed by atoms with E-state index in [9.17, 15) is 9.59 Å². The van der Waals surface area contributed by atoms with Crippen LogP contribution in [0.2, 0.25) is 0 Å². The van der Waals surface area contributed by atoms with E-state index in [0.29, 0.717) is 17.2 Å². The lowest BCUT2D eigenvalue weighted by Crippen LogP contribution is -2.39. The van der Waals surface area contributed by atoms with Gasteiger partial charge in [0.05, 0.1) is 12.7 Å². The van der Waals surface area contributed by atoms with Crippen LogP contribution in [-0.2, 0) is 4.74 Å². The summed E-state index contributed by atoms with van der Waals surface area (Å²) in [4.78, 5) is 25.0. The van der Waals surface area contributed by atoms with Gasteiger partial charge in [-0.1, -0.05) is 6.92 Å². The van der Waals surface area contributed by atoms with Gasteiger partial charge in [0.25, 0.3) is 0 Å². The molecule has 0 N–H and O–H groups in total. The zero-order valence-corrected chi connectivity index (χ0v) is 11.8. The molecule has 0 aliphatic carbocycles. The second-order valence-electron chi connectivity index (χ2n) is 5.05. The van der Waals surface area contributed by atoms with Crippen molar-refractivity contribution >= 4 is 12.1 Å². The molecule has 20 heavy (non-hydrogen) atoms. The molecule has 0 aromatic heterocycles. The number of hydrogen-bond acceptors (Lipinski definition) is 4. The molecule has 0 saturated carbocycles. The Morgan fingerprint density at radius 1 is 1.15 bits per heavy atom. The molecule has 0 unspecified atom stereocenters. The van der Waals surface area contributed by atoms with Gasteiger partial charge in [0, 0.05) is 13.1 Å². The highest BCUT2D eigenvalue weighted by atomic mass is 16.6. The zero-order valence-electron chi connectivity index (χ0n) is 11.8. The number of nitrogens with zero attached hydrogens (tertiary/aromatic N) is 1. The van der Waals surface area contributed by atoms with Crippen molar-refractivity contribution in [2.45, 2.75) is 19.8 Å². The van der Waals surface area contributed by atoms with E-state index in [4.69, 9.17) is 4.74 Å². The average Bonchev–Trinajstić information content (AvgIpc) is 2.48. The molecule has 0 spiro atoms. The van der Waals surface area contributed by atoms with Crippen LogP contribution in [-0.4, -0.2) is 37.2 Å². The van der Waals surface area contributed by atoms with Gasteiger partial charge in [-0.3, -0.25) is 0 Å². The summed E-state index contributed by atoms with van der Waals surface area (Å²) in [5, 5.41) is 0. The molecule has 1 amide bonds. The van der Waals surface area contributed by atoms with Crippen molar-refractivity contribution in [3.8, 4) is 5.75 Å². The Labute approximate surface area is 118 Å². The monoisotopic (exact) mass is 277 g/mol. The first-order chi connectivity index (χ1) is 9.60. The first-order valence-corrected chi connectivity index (χ1v) is 6.75. The summed E-state index contributed by atoms with van der Waals surface area (Å²) in [6.45, 7) is 3.66. The standard InChI is InChI=1S/C15H19NO4/c1-11-7-9-16(10-8-11)15(18)20-13-5-3-12(4-6-13)14(17)19-2/h3-6,11H,7-10H2,1-2H3. The van der Waals surface area contributed by atoms with Crippen LogP contribution >= 0.6 is 0 Å². The van der Waals surface area contributed by atoms with Crippen molar-refractivity contribution in [2.24, 2.45) is 5.92 Å². The van der Waals surface area contributed by atoms with Crippen molar-refractivity contribution in [2.75, 3.05) is 20.2 Å². The van der Waals surface area contributed by atoms with E-state index in [0.717, 1.165) is 25.9 Å². The van der Waals surface area contributed by atoms with Crippen molar-refractivity contribution in [3.05, 3.63) is 29.8 Å². The summed E-state index contributed by atoms with van der Waals surface area (Å²) in [5.74, 6) is 0.688. The molecule has 5 nitrogen and oxygen atoms in total. The third-order valence-electron chi connectivity index (χ3n) is 3.52. The van der Waals surface area contributed by atoms with Crippen LogP contribution in [0.15, 0.2) is 24.3 Å². The van der Waals surface area contributed by atoms with Crippen molar-refractivity contribution < 1.29 is 19.1 Å². The number of carbonyl (C=O) groups is 2. The fraction of sp³-hybridized carbons (Fsp3) is 0.467. The number of benzene rings is 1. The van der Waals surface area contributed by atoms with Crippen LogP contribution in [0.1, 0.15) is 30.1 Å². The van der Waals surface area contributed by atoms with Crippen molar-refractivity contribution in [1.29, 1.82) is 0 Å². The zero-order chi connectivity index (χ0) is 14.5. The normalized spacial score (nSPS) is 15.8. The van der Waals surface area contributed by atoms with Gasteiger partial charge in [-0.05, 0) is 43.0 Å². The maximum atomic E-state index is 12.0. The Morgan fingerprint density at radius 3 is 2.30 bits per heavy atom. The Bertz CT molecular complexity index is 475. The number of carbonyl (C=O) groups excluding carboxylic acids is 2. The van der Waals surface area contributed by atoms with Gasteiger partial charge < -0.3 is 14.4 Å². The predicted octanol–water partition coefficient (Wildman–Crippen LogP) is 2.70. The first kappa shape index (κ1) is 14.4. The third-order valence-corrected chi connectivity index (χ3v) is 3.52. The molecule has 2 rings (SSSR count). The molecule has 1 aliphatic rings. The lowest BCUT2D eigenvalue weighted by molar-refractivity contribution is 0.0600. The smallest absolute Gasteiger partial charge is 0.415 e. The average molecular weight is 277 g/mol. The Hall–Kier alpha value is -2.04. The topological polar surface area (TPSA) is 55.8 Å². The van der Waals surface area contributed by atoms with Crippen molar-refractivity contribution in [1.82, 2.24) is 4.90 Å². The van der Waals surface area contributed by atoms with E-state index >= 15 is 0 Å². The van der Waals surface area contributed by atoms with Crippen LogP contribution < -0.4 is 4.74 Å². The summed E-state index contributed by atoms with van der Waals surface area (Å²) >= 11 is 0. The van der Waals surface area contributed by atoms with Gasteiger partial charge in [0.2, 0.25) is 0 Å². The number of hydrogen-bond donors (Lipinski definition) is 0. The maximum absolute atomic E-state index is 12.0. The molecule has 0 radical (unpaired) electrons. The summed E-state index contributed by atoms with van der Waals surface area (Å²) in [5.41, 5.74) is 0.430. The summed E-state index contributed by atoms with van der Waals surface area (Å²) in [6, 6.07) is 6.34. The quantitative estimate of drug-likeness (QED) is 0.780. The van der Waals surface area contributed by atoms with Crippen LogP contribution in [0, 0.1) is 5.92 Å². The van der Waals surface area contributed by atoms with Gasteiger partial charge in [0.1, 0.15) is 5.75 Å². The summed E-state index contributed by atoms with van der Waals surface area (Å²) in [6.07, 6.45) is 1.69. The lowest BCUT2D eigenvalue weighted by atomic mass is 10.00. The number of ether oxygens (including phenoxy) is 2. The lowest BCUT2D eigenvalue weighted by Gasteiger charge is -2.29. The van der Waals surface area contributed by atoms with Gasteiger partial charge in [-0.2, -0.15) is 0 Å². The fourth-order valence-electron chi connectivity index (χ4n) is 2.13. The maximum Gasteiger partial charge on any atom is 0.415 e. The largest absolute Gasteiger partial charge is 0.465 e. The van der Waals surface area contributed by atoms with E-state index in [2.05, 4.69) is 11.7 Å². The predicted molar refractivity (Wildman–Crippen MR) is 73.8 cm³/mol. The molecule has 1 aromatic carbocycles. The molecule has 1 fully saturated rings. The minimum atomic E-state index is -0.409. The third kappa shape index (κ3) is 3.50. The number of amides is 1. The number of esters is 1. The van der Waals surface area contributed by atoms with E-state index in [1.54, 1.807) is 29.2 Å². The van der Waals surface area contributed by atoms with E-state index < -0.39 is 5.97 Å². The highest BCUT2D eigenvalue weighted by Gasteiger charge is 2.21. The number of rotatable bonds is 2. The van der Waals surface area contributed by atoms with Gasteiger partial charge in [-0.25, -0.2) is 9.59 Å². The van der Waals surface area contributed by atoms with Gasteiger partial charge in [0.15, 0.2) is 0 Å². The fourth-order valence-corrected chi connectivity index (χ4v) is 2.13. The van der Waals surface area contributed by atoms with Crippen LogP contribution in [0.5, 0.6) is 5.75 Å². The van der Waals surface area contributed by atoms with Crippen LogP contribution in [0.3, 0.4) is 0 Å². The molecule has 0 bridgehead atoms.